The van der Waals surface area contributed by atoms with Crippen molar-refractivity contribution in [2.75, 3.05) is 0 Å². The van der Waals surface area contributed by atoms with Gasteiger partial charge in [-0.15, -0.1) is 0 Å². The minimum absolute atomic E-state index is 0.00908. The van der Waals surface area contributed by atoms with E-state index in [0.717, 1.165) is 5.56 Å². The summed E-state index contributed by atoms with van der Waals surface area (Å²) >= 11 is 0. The number of aromatic nitrogens is 1. The van der Waals surface area contributed by atoms with Crippen molar-refractivity contribution in [3.05, 3.63) is 29.6 Å². The second kappa shape index (κ2) is 3.29. The van der Waals surface area contributed by atoms with Crippen LogP contribution in [0.25, 0.3) is 0 Å². The van der Waals surface area contributed by atoms with Crippen LogP contribution in [0.1, 0.15) is 11.3 Å². The molecule has 0 aliphatic carbocycles. The van der Waals surface area contributed by atoms with Gasteiger partial charge in [0.25, 0.3) is 0 Å². The molecule has 54 valence electrons. The minimum atomic E-state index is -0.00908. The average Bonchev–Trinajstić information content (AvgIpc) is 2.05. The molecule has 3 heteroatoms. The van der Waals surface area contributed by atoms with Crippen LogP contribution < -0.4 is 5.73 Å². The first-order valence-electron chi connectivity index (χ1n) is 3.11. The maximum atomic E-state index is 8.61. The molecule has 0 saturated heterocycles. The van der Waals surface area contributed by atoms with Gasteiger partial charge in [-0.1, -0.05) is 6.07 Å². The zero-order valence-electron chi connectivity index (χ0n) is 5.62. The number of aliphatic hydroxyl groups excluding tert-OH is 1. The van der Waals surface area contributed by atoms with E-state index in [0.29, 0.717) is 12.2 Å². The maximum Gasteiger partial charge on any atom is 0.0852 e. The number of aliphatic hydroxyl groups is 1. The number of nitrogens with two attached hydrogens (primary N) is 1. The Balaban J connectivity index is 2.80. The zero-order valence-corrected chi connectivity index (χ0v) is 5.62. The van der Waals surface area contributed by atoms with Crippen molar-refractivity contribution >= 4 is 0 Å². The minimum Gasteiger partial charge on any atom is -0.390 e. The molecule has 0 aromatic carbocycles. The molecule has 0 bridgehead atoms. The molecule has 0 radical (unpaired) electrons. The quantitative estimate of drug-likeness (QED) is 0.606. The summed E-state index contributed by atoms with van der Waals surface area (Å²) in [7, 11) is 0. The van der Waals surface area contributed by atoms with E-state index >= 15 is 0 Å². The van der Waals surface area contributed by atoms with E-state index < -0.39 is 0 Å². The van der Waals surface area contributed by atoms with Crippen LogP contribution in [0.5, 0.6) is 0 Å². The molecule has 10 heavy (non-hydrogen) atoms. The fourth-order valence-electron chi connectivity index (χ4n) is 0.669. The molecule has 3 nitrogen and oxygen atoms in total. The molecule has 1 heterocycles. The van der Waals surface area contributed by atoms with Crippen molar-refractivity contribution in [3.8, 4) is 0 Å². The molecule has 0 spiro atoms. The van der Waals surface area contributed by atoms with Crippen LogP contribution in [0, 0.1) is 0 Å². The molecule has 0 saturated carbocycles. The molecule has 1 aromatic heterocycles. The number of hydrogen-bond acceptors (Lipinski definition) is 3. The van der Waals surface area contributed by atoms with Gasteiger partial charge >= 0.3 is 0 Å². The number of hydrogen-bond donors (Lipinski definition) is 2. The highest BCUT2D eigenvalue weighted by atomic mass is 16.3. The molecule has 1 rings (SSSR count). The van der Waals surface area contributed by atoms with Crippen LogP contribution >= 0.6 is 0 Å². The van der Waals surface area contributed by atoms with Crippen LogP contribution in [0.15, 0.2) is 18.3 Å². The Hall–Kier alpha value is -0.930. The summed E-state index contributed by atoms with van der Waals surface area (Å²) in [6.07, 6.45) is 1.67. The van der Waals surface area contributed by atoms with Gasteiger partial charge in [0.2, 0.25) is 0 Å². The standard InChI is InChI=1S/C7H10N2O/c8-3-6-1-2-7(5-10)9-4-6/h1-2,4,10H,3,5,8H2. The Bertz CT molecular complexity index is 172. The maximum absolute atomic E-state index is 8.61. The van der Waals surface area contributed by atoms with Crippen LogP contribution in [0.3, 0.4) is 0 Å². The van der Waals surface area contributed by atoms with Gasteiger partial charge in [-0.3, -0.25) is 4.98 Å². The molecule has 0 aliphatic rings. The Kier molecular flexibility index (Phi) is 2.36. The highest BCUT2D eigenvalue weighted by Gasteiger charge is 1.90. The van der Waals surface area contributed by atoms with Crippen molar-refractivity contribution in [2.24, 2.45) is 5.73 Å². The molecular formula is C7H10N2O. The summed E-state index contributed by atoms with van der Waals surface area (Å²) in [5.74, 6) is 0. The van der Waals surface area contributed by atoms with E-state index in [1.807, 2.05) is 6.07 Å². The lowest BCUT2D eigenvalue weighted by molar-refractivity contribution is 0.277. The van der Waals surface area contributed by atoms with Crippen molar-refractivity contribution in [3.63, 3.8) is 0 Å². The molecule has 3 N–H and O–H groups in total. The molecule has 1 aromatic rings. The first-order chi connectivity index (χ1) is 4.86. The van der Waals surface area contributed by atoms with Crippen LogP contribution in [-0.2, 0) is 13.2 Å². The van der Waals surface area contributed by atoms with E-state index in [2.05, 4.69) is 4.98 Å². The second-order valence-corrected chi connectivity index (χ2v) is 2.02. The fraction of sp³-hybridized carbons (Fsp3) is 0.286. The lowest BCUT2D eigenvalue weighted by atomic mass is 10.2. The Morgan fingerprint density at radius 3 is 2.70 bits per heavy atom. The van der Waals surface area contributed by atoms with E-state index in [9.17, 15) is 0 Å². The molecule has 0 fully saturated rings. The summed E-state index contributed by atoms with van der Waals surface area (Å²) in [6, 6.07) is 3.63. The monoisotopic (exact) mass is 138 g/mol. The van der Waals surface area contributed by atoms with Crippen molar-refractivity contribution in [1.29, 1.82) is 0 Å². The topological polar surface area (TPSA) is 59.1 Å². The zero-order chi connectivity index (χ0) is 7.40. The summed E-state index contributed by atoms with van der Waals surface area (Å²) in [4.78, 5) is 3.94. The van der Waals surface area contributed by atoms with Gasteiger partial charge in [-0.2, -0.15) is 0 Å². The first-order valence-corrected chi connectivity index (χ1v) is 3.11. The third-order valence-corrected chi connectivity index (χ3v) is 1.28. The van der Waals surface area contributed by atoms with Crippen molar-refractivity contribution < 1.29 is 5.11 Å². The lowest BCUT2D eigenvalue weighted by Gasteiger charge is -1.96. The van der Waals surface area contributed by atoms with Gasteiger partial charge in [0.05, 0.1) is 12.3 Å². The number of rotatable bonds is 2. The summed E-state index contributed by atoms with van der Waals surface area (Å²) in [5, 5.41) is 8.61. The smallest absolute Gasteiger partial charge is 0.0852 e. The highest BCUT2D eigenvalue weighted by Crippen LogP contribution is 1.97. The van der Waals surface area contributed by atoms with Gasteiger partial charge in [0.15, 0.2) is 0 Å². The summed E-state index contributed by atoms with van der Waals surface area (Å²) < 4.78 is 0. The van der Waals surface area contributed by atoms with E-state index in [1.54, 1.807) is 12.3 Å². The van der Waals surface area contributed by atoms with Gasteiger partial charge < -0.3 is 10.8 Å². The highest BCUT2D eigenvalue weighted by molar-refractivity contribution is 5.12. The number of nitrogens with zero attached hydrogens (tertiary/aromatic N) is 1. The molecule has 0 atom stereocenters. The fourth-order valence-corrected chi connectivity index (χ4v) is 0.669. The Labute approximate surface area is 59.5 Å². The van der Waals surface area contributed by atoms with Crippen LogP contribution in [-0.4, -0.2) is 10.1 Å². The van der Waals surface area contributed by atoms with Gasteiger partial charge in [-0.25, -0.2) is 0 Å². The van der Waals surface area contributed by atoms with Crippen molar-refractivity contribution in [1.82, 2.24) is 4.98 Å². The molecule has 0 unspecified atom stereocenters. The first kappa shape index (κ1) is 7.18. The van der Waals surface area contributed by atoms with Gasteiger partial charge in [0.1, 0.15) is 0 Å². The average molecular weight is 138 g/mol. The Morgan fingerprint density at radius 1 is 1.50 bits per heavy atom. The summed E-state index contributed by atoms with van der Waals surface area (Å²) in [6.45, 7) is 0.490. The van der Waals surface area contributed by atoms with Crippen LogP contribution in [0.4, 0.5) is 0 Å². The van der Waals surface area contributed by atoms with Gasteiger partial charge in [-0.05, 0) is 11.6 Å². The van der Waals surface area contributed by atoms with E-state index in [1.165, 1.54) is 0 Å². The van der Waals surface area contributed by atoms with Gasteiger partial charge in [0, 0.05) is 12.7 Å². The predicted molar refractivity (Wildman–Crippen MR) is 38.1 cm³/mol. The third-order valence-electron chi connectivity index (χ3n) is 1.28. The number of pyridine rings is 1. The molecule has 0 aliphatic heterocycles. The normalized spacial score (nSPS) is 9.80. The molecule has 0 amide bonds. The second-order valence-electron chi connectivity index (χ2n) is 2.02. The predicted octanol–water partition coefficient (Wildman–Crippen LogP) is 0.0326. The van der Waals surface area contributed by atoms with E-state index in [4.69, 9.17) is 10.8 Å². The SMILES string of the molecule is NCc1ccc(CO)nc1. The largest absolute Gasteiger partial charge is 0.390 e. The molecular weight excluding hydrogens is 128 g/mol. The van der Waals surface area contributed by atoms with E-state index in [-0.39, 0.29) is 6.61 Å². The van der Waals surface area contributed by atoms with Crippen molar-refractivity contribution in [2.45, 2.75) is 13.2 Å². The third kappa shape index (κ3) is 1.52. The summed E-state index contributed by atoms with van der Waals surface area (Å²) in [5.41, 5.74) is 7.00. The van der Waals surface area contributed by atoms with Crippen LogP contribution in [0.2, 0.25) is 0 Å². The Morgan fingerprint density at radius 2 is 2.30 bits per heavy atom. The lowest BCUT2D eigenvalue weighted by Crippen LogP contribution is -1.97.